The molecule has 0 fully saturated rings. The summed E-state index contributed by atoms with van der Waals surface area (Å²) in [6.45, 7) is 2.47. The molecule has 0 aromatic carbocycles. The van der Waals surface area contributed by atoms with Crippen LogP contribution in [-0.4, -0.2) is 31.6 Å². The summed E-state index contributed by atoms with van der Waals surface area (Å²) in [5.41, 5.74) is 0. The number of carbonyl (C=O) groups is 1. The summed E-state index contributed by atoms with van der Waals surface area (Å²) >= 11 is 0. The second-order valence-electron chi connectivity index (χ2n) is 2.96. The second-order valence-corrected chi connectivity index (χ2v) is 2.96. The molecule has 1 amide bonds. The normalized spacial score (nSPS) is 12.6. The maximum absolute atomic E-state index is 11.8. The van der Waals surface area contributed by atoms with E-state index in [2.05, 4.69) is 0 Å². The van der Waals surface area contributed by atoms with Crippen molar-refractivity contribution in [3.8, 4) is 0 Å². The Labute approximate surface area is 67.4 Å². The van der Waals surface area contributed by atoms with Gasteiger partial charge < -0.3 is 4.90 Å². The molecule has 0 saturated heterocycles. The highest BCUT2D eigenvalue weighted by Gasteiger charge is 2.02. The van der Waals surface area contributed by atoms with Gasteiger partial charge in [0, 0.05) is 13.6 Å². The lowest BCUT2D eigenvalue weighted by atomic mass is 10.1. The van der Waals surface area contributed by atoms with Crippen LogP contribution in [0.2, 0.25) is 0 Å². The van der Waals surface area contributed by atoms with Crippen LogP contribution in [0.5, 0.6) is 0 Å². The summed E-state index contributed by atoms with van der Waals surface area (Å²) in [7, 11) is 1.73. The van der Waals surface area contributed by atoms with Gasteiger partial charge in [0.15, 0.2) is 0 Å². The molecule has 0 saturated carbocycles. The predicted molar refractivity (Wildman–Crippen MR) is 43.1 cm³/mol. The van der Waals surface area contributed by atoms with E-state index in [0.717, 1.165) is 19.4 Å². The maximum atomic E-state index is 11.8. The quantitative estimate of drug-likeness (QED) is 0.540. The molecule has 0 aliphatic heterocycles. The van der Waals surface area contributed by atoms with Gasteiger partial charge in [0.25, 0.3) is 0 Å². The van der Waals surface area contributed by atoms with Gasteiger partial charge >= 0.3 is 0 Å². The number of amides is 1. The van der Waals surface area contributed by atoms with Crippen LogP contribution in [0.3, 0.4) is 0 Å². The maximum Gasteiger partial charge on any atom is 0.209 e. The summed E-state index contributed by atoms with van der Waals surface area (Å²) in [5.74, 6) is 0.377. The third kappa shape index (κ3) is 5.83. The Kier molecular flexibility index (Phi) is 5.80. The average Bonchev–Trinajstić information content (AvgIpc) is 2.01. The van der Waals surface area contributed by atoms with Crippen molar-refractivity contribution in [1.29, 1.82) is 0 Å². The SMILES string of the molecule is C[C@H](CCF)CCN(C)C=O. The Morgan fingerprint density at radius 1 is 1.55 bits per heavy atom. The van der Waals surface area contributed by atoms with Gasteiger partial charge in [-0.1, -0.05) is 6.92 Å². The molecular weight excluding hydrogens is 145 g/mol. The van der Waals surface area contributed by atoms with E-state index in [1.807, 2.05) is 6.92 Å². The third-order valence-corrected chi connectivity index (χ3v) is 1.76. The number of hydrogen-bond acceptors (Lipinski definition) is 1. The van der Waals surface area contributed by atoms with Crippen molar-refractivity contribution >= 4 is 6.41 Å². The van der Waals surface area contributed by atoms with E-state index in [0.29, 0.717) is 12.3 Å². The van der Waals surface area contributed by atoms with Crippen LogP contribution in [0, 0.1) is 5.92 Å². The molecule has 2 nitrogen and oxygen atoms in total. The third-order valence-electron chi connectivity index (χ3n) is 1.76. The zero-order chi connectivity index (χ0) is 8.69. The largest absolute Gasteiger partial charge is 0.348 e. The molecule has 11 heavy (non-hydrogen) atoms. The first kappa shape index (κ1) is 10.4. The fourth-order valence-electron chi connectivity index (χ4n) is 0.807. The lowest BCUT2D eigenvalue weighted by molar-refractivity contribution is -0.117. The first-order chi connectivity index (χ1) is 5.20. The van der Waals surface area contributed by atoms with Crippen LogP contribution >= 0.6 is 0 Å². The lowest BCUT2D eigenvalue weighted by Gasteiger charge is -2.13. The second kappa shape index (κ2) is 6.13. The van der Waals surface area contributed by atoms with Crippen LogP contribution in [0.25, 0.3) is 0 Å². The zero-order valence-electron chi connectivity index (χ0n) is 7.22. The zero-order valence-corrected chi connectivity index (χ0v) is 7.22. The van der Waals surface area contributed by atoms with Gasteiger partial charge in [0.2, 0.25) is 6.41 Å². The van der Waals surface area contributed by atoms with Gasteiger partial charge in [0.05, 0.1) is 6.67 Å². The minimum Gasteiger partial charge on any atom is -0.348 e. The summed E-state index contributed by atoms with van der Waals surface area (Å²) in [6.07, 6.45) is 2.29. The number of rotatable bonds is 6. The molecule has 0 aliphatic rings. The van der Waals surface area contributed by atoms with Crippen molar-refractivity contribution in [2.24, 2.45) is 5.92 Å². The van der Waals surface area contributed by atoms with Crippen molar-refractivity contribution in [1.82, 2.24) is 4.90 Å². The topological polar surface area (TPSA) is 20.3 Å². The highest BCUT2D eigenvalue weighted by Crippen LogP contribution is 2.07. The van der Waals surface area contributed by atoms with E-state index < -0.39 is 0 Å². The minimum absolute atomic E-state index is 0.258. The Hall–Kier alpha value is -0.600. The molecule has 0 N–H and O–H groups in total. The standard InChI is InChI=1S/C8H16FNO/c1-8(3-5-9)4-6-10(2)7-11/h7-8H,3-6H2,1-2H3/t8-/m1/s1. The van der Waals surface area contributed by atoms with Gasteiger partial charge in [-0.2, -0.15) is 0 Å². The van der Waals surface area contributed by atoms with E-state index in [-0.39, 0.29) is 6.67 Å². The van der Waals surface area contributed by atoms with Crippen LogP contribution < -0.4 is 0 Å². The van der Waals surface area contributed by atoms with E-state index in [9.17, 15) is 9.18 Å². The molecule has 0 aromatic heterocycles. The monoisotopic (exact) mass is 161 g/mol. The fraction of sp³-hybridized carbons (Fsp3) is 0.875. The highest BCUT2D eigenvalue weighted by molar-refractivity contribution is 5.46. The first-order valence-electron chi connectivity index (χ1n) is 3.92. The minimum atomic E-state index is -0.258. The molecule has 0 rings (SSSR count). The Morgan fingerprint density at radius 3 is 2.64 bits per heavy atom. The Morgan fingerprint density at radius 2 is 2.18 bits per heavy atom. The molecule has 0 heterocycles. The molecule has 0 spiro atoms. The predicted octanol–water partition coefficient (Wildman–Crippen LogP) is 1.46. The average molecular weight is 161 g/mol. The molecule has 0 aliphatic carbocycles. The fourth-order valence-corrected chi connectivity index (χ4v) is 0.807. The van der Waals surface area contributed by atoms with Crippen molar-refractivity contribution in [3.63, 3.8) is 0 Å². The molecule has 0 bridgehead atoms. The number of hydrogen-bond donors (Lipinski definition) is 0. The van der Waals surface area contributed by atoms with Gasteiger partial charge in [0.1, 0.15) is 0 Å². The van der Waals surface area contributed by atoms with Crippen molar-refractivity contribution in [3.05, 3.63) is 0 Å². The Balaban J connectivity index is 3.29. The van der Waals surface area contributed by atoms with Crippen LogP contribution in [0.1, 0.15) is 19.8 Å². The number of carbonyl (C=O) groups excluding carboxylic acids is 1. The number of nitrogens with zero attached hydrogens (tertiary/aromatic N) is 1. The van der Waals surface area contributed by atoms with Crippen LogP contribution in [0.4, 0.5) is 4.39 Å². The van der Waals surface area contributed by atoms with Crippen molar-refractivity contribution < 1.29 is 9.18 Å². The van der Waals surface area contributed by atoms with Gasteiger partial charge in [-0.15, -0.1) is 0 Å². The summed E-state index contributed by atoms with van der Waals surface area (Å²) in [4.78, 5) is 11.7. The molecule has 0 unspecified atom stereocenters. The van der Waals surface area contributed by atoms with Crippen molar-refractivity contribution in [2.75, 3.05) is 20.3 Å². The van der Waals surface area contributed by atoms with Gasteiger partial charge in [-0.25, -0.2) is 0 Å². The van der Waals surface area contributed by atoms with E-state index in [4.69, 9.17) is 0 Å². The molecule has 0 aromatic rings. The van der Waals surface area contributed by atoms with E-state index in [1.54, 1.807) is 11.9 Å². The van der Waals surface area contributed by atoms with E-state index >= 15 is 0 Å². The molecule has 3 heteroatoms. The molecule has 0 radical (unpaired) electrons. The summed E-state index contributed by atoms with van der Waals surface area (Å²) in [5, 5.41) is 0. The van der Waals surface area contributed by atoms with Gasteiger partial charge in [-0.05, 0) is 18.8 Å². The van der Waals surface area contributed by atoms with Crippen LogP contribution in [0.15, 0.2) is 0 Å². The molecule has 1 atom stereocenters. The Bertz CT molecular complexity index is 108. The smallest absolute Gasteiger partial charge is 0.209 e. The van der Waals surface area contributed by atoms with Crippen LogP contribution in [-0.2, 0) is 4.79 Å². The van der Waals surface area contributed by atoms with E-state index in [1.165, 1.54) is 0 Å². The number of alkyl halides is 1. The molecule has 66 valence electrons. The van der Waals surface area contributed by atoms with Crippen molar-refractivity contribution in [2.45, 2.75) is 19.8 Å². The summed E-state index contributed by atoms with van der Waals surface area (Å²) < 4.78 is 11.8. The highest BCUT2D eigenvalue weighted by atomic mass is 19.1. The summed E-state index contributed by atoms with van der Waals surface area (Å²) in [6, 6.07) is 0. The lowest BCUT2D eigenvalue weighted by Crippen LogP contribution is -2.19. The first-order valence-corrected chi connectivity index (χ1v) is 3.92. The van der Waals surface area contributed by atoms with Gasteiger partial charge in [-0.3, -0.25) is 9.18 Å². The number of halogens is 1. The molecular formula is C8H16FNO.